The first-order valence-corrected chi connectivity index (χ1v) is 10.3. The third-order valence-corrected chi connectivity index (χ3v) is 5.37. The highest BCUT2D eigenvalue weighted by atomic mass is 16.5. The van der Waals surface area contributed by atoms with Crippen molar-refractivity contribution < 1.29 is 28.3 Å². The zero-order chi connectivity index (χ0) is 22.7. The fourth-order valence-electron chi connectivity index (χ4n) is 3.71. The Kier molecular flexibility index (Phi) is 6.02. The Morgan fingerprint density at radius 2 is 1.69 bits per heavy atom. The molecule has 164 valence electrons. The second-order valence-corrected chi connectivity index (χ2v) is 7.56. The number of carbonyl (C=O) groups is 4. The Balaban J connectivity index is 1.28. The van der Waals surface area contributed by atoms with Crippen LogP contribution in [0, 0.1) is 0 Å². The lowest BCUT2D eigenvalue weighted by atomic mass is 9.94. The molecule has 32 heavy (non-hydrogen) atoms. The molecule has 0 unspecified atom stereocenters. The standard InChI is InChI=1S/C24H22N2O6/c1-25(14-17-8-5-13-31-17)20(27)15-32-21(28)11-4-12-26-23(29)18-9-2-6-16-7-3-10-19(22(16)18)24(26)30/h2-3,5-10,13H,4,11-12,14-15H2,1H3. The second-order valence-electron chi connectivity index (χ2n) is 7.56. The summed E-state index contributed by atoms with van der Waals surface area (Å²) >= 11 is 0. The van der Waals surface area contributed by atoms with E-state index in [0.717, 1.165) is 10.3 Å². The minimum Gasteiger partial charge on any atom is -0.467 e. The summed E-state index contributed by atoms with van der Waals surface area (Å²) in [7, 11) is 1.59. The quantitative estimate of drug-likeness (QED) is 0.399. The Morgan fingerprint density at radius 3 is 2.31 bits per heavy atom. The molecule has 0 bridgehead atoms. The van der Waals surface area contributed by atoms with Gasteiger partial charge in [0.1, 0.15) is 5.76 Å². The molecule has 0 saturated heterocycles. The molecule has 0 aliphatic carbocycles. The van der Waals surface area contributed by atoms with Gasteiger partial charge in [0.15, 0.2) is 6.61 Å². The number of furan rings is 1. The molecule has 2 heterocycles. The van der Waals surface area contributed by atoms with Gasteiger partial charge in [0.2, 0.25) is 0 Å². The van der Waals surface area contributed by atoms with Crippen LogP contribution in [0.1, 0.15) is 39.3 Å². The number of benzene rings is 2. The molecule has 0 fully saturated rings. The van der Waals surface area contributed by atoms with Crippen molar-refractivity contribution in [1.82, 2.24) is 9.80 Å². The largest absolute Gasteiger partial charge is 0.467 e. The number of ether oxygens (including phenoxy) is 1. The summed E-state index contributed by atoms with van der Waals surface area (Å²) in [6.45, 7) is -0.0202. The zero-order valence-corrected chi connectivity index (χ0v) is 17.6. The average molecular weight is 434 g/mol. The summed E-state index contributed by atoms with van der Waals surface area (Å²) in [5, 5.41) is 1.50. The number of rotatable bonds is 8. The van der Waals surface area contributed by atoms with Crippen molar-refractivity contribution in [3.63, 3.8) is 0 Å². The molecule has 0 spiro atoms. The lowest BCUT2D eigenvalue weighted by Crippen LogP contribution is -2.41. The van der Waals surface area contributed by atoms with E-state index >= 15 is 0 Å². The third kappa shape index (κ3) is 4.25. The van der Waals surface area contributed by atoms with Gasteiger partial charge < -0.3 is 14.1 Å². The van der Waals surface area contributed by atoms with Crippen LogP contribution in [-0.2, 0) is 20.9 Å². The molecule has 1 aliphatic heterocycles. The van der Waals surface area contributed by atoms with Crippen LogP contribution in [0.5, 0.6) is 0 Å². The van der Waals surface area contributed by atoms with Gasteiger partial charge in [-0.3, -0.25) is 24.1 Å². The molecule has 4 rings (SSSR count). The minimum atomic E-state index is -0.566. The summed E-state index contributed by atoms with van der Waals surface area (Å²) in [6, 6.07) is 14.2. The fraction of sp³-hybridized carbons (Fsp3) is 0.250. The highest BCUT2D eigenvalue weighted by molar-refractivity contribution is 6.25. The van der Waals surface area contributed by atoms with Gasteiger partial charge in [-0.25, -0.2) is 0 Å². The lowest BCUT2D eigenvalue weighted by molar-refractivity contribution is -0.151. The van der Waals surface area contributed by atoms with E-state index < -0.39 is 5.97 Å². The maximum atomic E-state index is 12.8. The summed E-state index contributed by atoms with van der Waals surface area (Å²) in [4.78, 5) is 52.4. The van der Waals surface area contributed by atoms with Crippen molar-refractivity contribution >= 4 is 34.5 Å². The number of carbonyl (C=O) groups excluding carboxylic acids is 4. The number of hydrogen-bond donors (Lipinski definition) is 0. The van der Waals surface area contributed by atoms with E-state index in [0.29, 0.717) is 22.3 Å². The first kappa shape index (κ1) is 21.3. The van der Waals surface area contributed by atoms with E-state index in [1.165, 1.54) is 11.2 Å². The first-order chi connectivity index (χ1) is 15.5. The van der Waals surface area contributed by atoms with Crippen LogP contribution in [0.4, 0.5) is 0 Å². The van der Waals surface area contributed by atoms with Gasteiger partial charge in [-0.15, -0.1) is 0 Å². The molecule has 0 atom stereocenters. The number of amides is 3. The highest BCUT2D eigenvalue weighted by Crippen LogP contribution is 2.30. The maximum absolute atomic E-state index is 12.8. The van der Waals surface area contributed by atoms with Crippen molar-refractivity contribution in [3.05, 3.63) is 71.7 Å². The molecule has 0 N–H and O–H groups in total. The van der Waals surface area contributed by atoms with Gasteiger partial charge in [-0.2, -0.15) is 0 Å². The number of imide groups is 1. The number of hydrogen-bond acceptors (Lipinski definition) is 6. The summed E-state index contributed by atoms with van der Waals surface area (Å²) in [5.41, 5.74) is 0.955. The monoisotopic (exact) mass is 434 g/mol. The second kappa shape index (κ2) is 9.05. The highest BCUT2D eigenvalue weighted by Gasteiger charge is 2.32. The molecule has 8 heteroatoms. The van der Waals surface area contributed by atoms with E-state index in [1.54, 1.807) is 43.4 Å². The number of esters is 1. The molecule has 2 aromatic carbocycles. The Morgan fingerprint density at radius 1 is 1.00 bits per heavy atom. The van der Waals surface area contributed by atoms with E-state index in [1.807, 2.05) is 12.1 Å². The SMILES string of the molecule is CN(Cc1ccco1)C(=O)COC(=O)CCCN1C(=O)c2cccc3cccc(c23)C1=O. The first-order valence-electron chi connectivity index (χ1n) is 10.3. The van der Waals surface area contributed by atoms with Crippen molar-refractivity contribution in [2.75, 3.05) is 20.2 Å². The Hall–Kier alpha value is -3.94. The molecule has 8 nitrogen and oxygen atoms in total. The van der Waals surface area contributed by atoms with Crippen molar-refractivity contribution in [2.45, 2.75) is 19.4 Å². The van der Waals surface area contributed by atoms with Crippen LogP contribution < -0.4 is 0 Å². The number of likely N-dealkylation sites (N-methyl/N-ethyl adjacent to an activating group) is 1. The summed E-state index contributed by atoms with van der Waals surface area (Å²) in [6.07, 6.45) is 1.74. The normalized spacial score (nSPS) is 12.8. The van der Waals surface area contributed by atoms with Gasteiger partial charge in [0, 0.05) is 36.5 Å². The van der Waals surface area contributed by atoms with Crippen LogP contribution >= 0.6 is 0 Å². The molecule has 1 aromatic heterocycles. The number of nitrogens with zero attached hydrogens (tertiary/aromatic N) is 2. The van der Waals surface area contributed by atoms with Crippen LogP contribution in [0.15, 0.2) is 59.2 Å². The minimum absolute atomic E-state index is 0.0158. The summed E-state index contributed by atoms with van der Waals surface area (Å²) in [5.74, 6) is -1.05. The van der Waals surface area contributed by atoms with E-state index in [2.05, 4.69) is 0 Å². The molecule has 3 amide bonds. The smallest absolute Gasteiger partial charge is 0.306 e. The van der Waals surface area contributed by atoms with Crippen molar-refractivity contribution in [2.24, 2.45) is 0 Å². The Bertz CT molecular complexity index is 1130. The summed E-state index contributed by atoms with van der Waals surface area (Å²) < 4.78 is 10.2. The van der Waals surface area contributed by atoms with Gasteiger partial charge in [-0.1, -0.05) is 24.3 Å². The zero-order valence-electron chi connectivity index (χ0n) is 17.6. The molecule has 0 radical (unpaired) electrons. The predicted molar refractivity (Wildman–Crippen MR) is 115 cm³/mol. The fourth-order valence-corrected chi connectivity index (χ4v) is 3.71. The maximum Gasteiger partial charge on any atom is 0.306 e. The van der Waals surface area contributed by atoms with Crippen LogP contribution in [0.2, 0.25) is 0 Å². The third-order valence-electron chi connectivity index (χ3n) is 5.37. The van der Waals surface area contributed by atoms with Gasteiger partial charge in [-0.05, 0) is 36.1 Å². The van der Waals surface area contributed by atoms with Gasteiger partial charge in [0.25, 0.3) is 17.7 Å². The van der Waals surface area contributed by atoms with E-state index in [4.69, 9.17) is 9.15 Å². The topological polar surface area (TPSA) is 97.1 Å². The van der Waals surface area contributed by atoms with E-state index in [9.17, 15) is 19.2 Å². The van der Waals surface area contributed by atoms with Gasteiger partial charge >= 0.3 is 5.97 Å². The molecule has 3 aromatic rings. The average Bonchev–Trinajstić information content (AvgIpc) is 3.31. The van der Waals surface area contributed by atoms with Crippen LogP contribution in [0.3, 0.4) is 0 Å². The predicted octanol–water partition coefficient (Wildman–Crippen LogP) is 3.01. The van der Waals surface area contributed by atoms with Crippen LogP contribution in [-0.4, -0.2) is 53.7 Å². The van der Waals surface area contributed by atoms with Gasteiger partial charge in [0.05, 0.1) is 12.8 Å². The van der Waals surface area contributed by atoms with Crippen molar-refractivity contribution in [1.29, 1.82) is 0 Å². The molecule has 0 saturated carbocycles. The lowest BCUT2D eigenvalue weighted by Gasteiger charge is -2.27. The molecular weight excluding hydrogens is 412 g/mol. The van der Waals surface area contributed by atoms with Crippen molar-refractivity contribution in [3.8, 4) is 0 Å². The molecular formula is C24H22N2O6. The Labute approximate surface area is 184 Å². The van der Waals surface area contributed by atoms with Crippen LogP contribution in [0.25, 0.3) is 10.8 Å². The molecule has 1 aliphatic rings. The van der Waals surface area contributed by atoms with E-state index in [-0.39, 0.29) is 50.3 Å².